The van der Waals surface area contributed by atoms with Crippen LogP contribution < -0.4 is 0 Å². The highest BCUT2D eigenvalue weighted by atomic mass is 16.1. The molecule has 0 heterocycles. The number of fused-ring (bicyclic) bond motifs is 3. The third-order valence-corrected chi connectivity index (χ3v) is 4.27. The summed E-state index contributed by atoms with van der Waals surface area (Å²) in [5.41, 5.74) is 0. The summed E-state index contributed by atoms with van der Waals surface area (Å²) in [5.74, 6) is 2.22. The molecule has 0 amide bonds. The molecule has 4 atom stereocenters. The van der Waals surface area contributed by atoms with E-state index in [2.05, 4.69) is 0 Å². The van der Waals surface area contributed by atoms with Gasteiger partial charge in [-0.15, -0.1) is 0 Å². The zero-order valence-corrected chi connectivity index (χ0v) is 7.66. The van der Waals surface area contributed by atoms with Crippen LogP contribution in [-0.4, -0.2) is 11.6 Å². The number of carbonyl (C=O) groups is 2. The lowest BCUT2D eigenvalue weighted by molar-refractivity contribution is -0.129. The van der Waals surface area contributed by atoms with Gasteiger partial charge in [0, 0.05) is 24.7 Å². The van der Waals surface area contributed by atoms with E-state index in [0.717, 1.165) is 32.1 Å². The minimum Gasteiger partial charge on any atom is -0.299 e. The second kappa shape index (κ2) is 2.43. The van der Waals surface area contributed by atoms with E-state index in [0.29, 0.717) is 23.4 Å². The molecule has 0 aromatic heterocycles. The summed E-state index contributed by atoms with van der Waals surface area (Å²) < 4.78 is 0. The molecule has 2 nitrogen and oxygen atoms in total. The van der Waals surface area contributed by atoms with Gasteiger partial charge in [-0.25, -0.2) is 0 Å². The summed E-state index contributed by atoms with van der Waals surface area (Å²) in [6.45, 7) is 0. The quantitative estimate of drug-likeness (QED) is 0.564. The molecule has 0 aromatic carbocycles. The van der Waals surface area contributed by atoms with E-state index in [1.807, 2.05) is 0 Å². The lowest BCUT2D eigenvalue weighted by Crippen LogP contribution is -2.23. The summed E-state index contributed by atoms with van der Waals surface area (Å²) in [6, 6.07) is 0. The molecule has 0 aliphatic heterocycles. The summed E-state index contributed by atoms with van der Waals surface area (Å²) in [7, 11) is 0. The second-order valence-electron chi connectivity index (χ2n) is 4.82. The van der Waals surface area contributed by atoms with Crippen LogP contribution >= 0.6 is 0 Å². The average molecular weight is 178 g/mol. The van der Waals surface area contributed by atoms with Gasteiger partial charge < -0.3 is 0 Å². The highest BCUT2D eigenvalue weighted by Crippen LogP contribution is 2.53. The highest BCUT2D eigenvalue weighted by Gasteiger charge is 2.54. The van der Waals surface area contributed by atoms with E-state index in [4.69, 9.17) is 0 Å². The van der Waals surface area contributed by atoms with Crippen molar-refractivity contribution in [3.05, 3.63) is 0 Å². The second-order valence-corrected chi connectivity index (χ2v) is 4.82. The van der Waals surface area contributed by atoms with Gasteiger partial charge in [0.1, 0.15) is 11.6 Å². The van der Waals surface area contributed by atoms with Crippen molar-refractivity contribution in [3.63, 3.8) is 0 Å². The Bertz CT molecular complexity index is 254. The van der Waals surface area contributed by atoms with Crippen LogP contribution in [0.3, 0.4) is 0 Å². The molecule has 3 fully saturated rings. The van der Waals surface area contributed by atoms with Crippen LogP contribution in [0.2, 0.25) is 0 Å². The maximum absolute atomic E-state index is 11.6. The molecular weight excluding hydrogens is 164 g/mol. The van der Waals surface area contributed by atoms with Gasteiger partial charge >= 0.3 is 0 Å². The molecule has 2 heteroatoms. The molecule has 0 saturated heterocycles. The maximum Gasteiger partial charge on any atom is 0.136 e. The molecule has 0 bridgehead atoms. The van der Waals surface area contributed by atoms with Crippen molar-refractivity contribution < 1.29 is 9.59 Å². The van der Waals surface area contributed by atoms with Crippen LogP contribution in [0.5, 0.6) is 0 Å². The van der Waals surface area contributed by atoms with E-state index < -0.39 is 0 Å². The van der Waals surface area contributed by atoms with Crippen LogP contribution in [0.25, 0.3) is 0 Å². The zero-order valence-electron chi connectivity index (χ0n) is 7.66. The van der Waals surface area contributed by atoms with Gasteiger partial charge in [0.2, 0.25) is 0 Å². The molecule has 0 spiro atoms. The van der Waals surface area contributed by atoms with Gasteiger partial charge in [-0.3, -0.25) is 9.59 Å². The Morgan fingerprint density at radius 3 is 1.77 bits per heavy atom. The van der Waals surface area contributed by atoms with E-state index in [9.17, 15) is 9.59 Å². The van der Waals surface area contributed by atoms with Gasteiger partial charge in [-0.05, 0) is 31.1 Å². The van der Waals surface area contributed by atoms with Gasteiger partial charge in [0.25, 0.3) is 0 Å². The summed E-state index contributed by atoms with van der Waals surface area (Å²) in [6.07, 6.45) is 4.76. The number of rotatable bonds is 0. The smallest absolute Gasteiger partial charge is 0.136 e. The minimum atomic E-state index is 0.153. The summed E-state index contributed by atoms with van der Waals surface area (Å²) >= 11 is 0. The van der Waals surface area contributed by atoms with Crippen molar-refractivity contribution in [2.75, 3.05) is 0 Å². The van der Waals surface area contributed by atoms with Crippen molar-refractivity contribution in [2.24, 2.45) is 23.7 Å². The molecule has 3 rings (SSSR count). The third-order valence-electron chi connectivity index (χ3n) is 4.27. The molecule has 3 aliphatic rings. The van der Waals surface area contributed by atoms with Crippen LogP contribution in [0, 0.1) is 23.7 Å². The minimum absolute atomic E-state index is 0.153. The lowest BCUT2D eigenvalue weighted by Gasteiger charge is -2.13. The maximum atomic E-state index is 11.6. The number of ketones is 2. The summed E-state index contributed by atoms with van der Waals surface area (Å²) in [5, 5.41) is 0. The molecule has 0 N–H and O–H groups in total. The van der Waals surface area contributed by atoms with E-state index in [1.165, 1.54) is 0 Å². The Labute approximate surface area is 77.7 Å². The first-order valence-electron chi connectivity index (χ1n) is 5.33. The van der Waals surface area contributed by atoms with Crippen molar-refractivity contribution in [3.8, 4) is 0 Å². The van der Waals surface area contributed by atoms with Crippen molar-refractivity contribution >= 4 is 11.6 Å². The van der Waals surface area contributed by atoms with Crippen LogP contribution in [-0.2, 0) is 9.59 Å². The van der Waals surface area contributed by atoms with Gasteiger partial charge in [0.15, 0.2) is 0 Å². The molecule has 70 valence electrons. The molecule has 0 unspecified atom stereocenters. The summed E-state index contributed by atoms with van der Waals surface area (Å²) in [4.78, 5) is 23.2. The topological polar surface area (TPSA) is 34.1 Å². The predicted molar refractivity (Wildman–Crippen MR) is 47.1 cm³/mol. The standard InChI is InChI=1S/C11H14O2/c12-8-3-1-6-5-7-2-4-9(13)11(7)10(6)8/h6-7,10-11H,1-5H2/t6-,7+,10+,11-. The first-order valence-corrected chi connectivity index (χ1v) is 5.33. The lowest BCUT2D eigenvalue weighted by atomic mass is 9.88. The fourth-order valence-electron chi connectivity index (χ4n) is 3.78. The first kappa shape index (κ1) is 7.72. The molecule has 0 aromatic rings. The van der Waals surface area contributed by atoms with E-state index >= 15 is 0 Å². The zero-order chi connectivity index (χ0) is 9.00. The molecule has 3 saturated carbocycles. The van der Waals surface area contributed by atoms with Crippen LogP contribution in [0.4, 0.5) is 0 Å². The molecule has 0 radical (unpaired) electrons. The van der Waals surface area contributed by atoms with Gasteiger partial charge in [-0.1, -0.05) is 0 Å². The molecular formula is C11H14O2. The van der Waals surface area contributed by atoms with E-state index in [1.54, 1.807) is 0 Å². The molecule has 13 heavy (non-hydrogen) atoms. The van der Waals surface area contributed by atoms with Gasteiger partial charge in [-0.2, -0.15) is 0 Å². The monoisotopic (exact) mass is 178 g/mol. The molecule has 3 aliphatic carbocycles. The highest BCUT2D eigenvalue weighted by molar-refractivity contribution is 5.93. The van der Waals surface area contributed by atoms with E-state index in [-0.39, 0.29) is 11.8 Å². The Kier molecular flexibility index (Phi) is 1.44. The van der Waals surface area contributed by atoms with Crippen LogP contribution in [0.15, 0.2) is 0 Å². The van der Waals surface area contributed by atoms with Crippen molar-refractivity contribution in [1.82, 2.24) is 0 Å². The normalized spacial score (nSPS) is 48.3. The van der Waals surface area contributed by atoms with Crippen molar-refractivity contribution in [2.45, 2.75) is 32.1 Å². The Morgan fingerprint density at radius 2 is 1.31 bits per heavy atom. The van der Waals surface area contributed by atoms with Gasteiger partial charge in [0.05, 0.1) is 0 Å². The largest absolute Gasteiger partial charge is 0.299 e. The number of Topliss-reactive ketones (excluding diaryl/α,β-unsaturated/α-hetero) is 2. The SMILES string of the molecule is O=C1CC[C@@H]2C[C@@H]3CCC(=O)[C@@H]3[C@H]12. The Balaban J connectivity index is 1.95. The Hall–Kier alpha value is -0.660. The first-order chi connectivity index (χ1) is 6.27. The van der Waals surface area contributed by atoms with Crippen LogP contribution in [0.1, 0.15) is 32.1 Å². The Morgan fingerprint density at radius 1 is 0.846 bits per heavy atom. The predicted octanol–water partition coefficient (Wildman–Crippen LogP) is 1.58. The number of carbonyl (C=O) groups excluding carboxylic acids is 2. The number of hydrogen-bond acceptors (Lipinski definition) is 2. The fourth-order valence-corrected chi connectivity index (χ4v) is 3.78. The fraction of sp³-hybridized carbons (Fsp3) is 0.818. The average Bonchev–Trinajstić information content (AvgIpc) is 2.69. The third kappa shape index (κ3) is 0.890. The van der Waals surface area contributed by atoms with Crippen molar-refractivity contribution in [1.29, 1.82) is 0 Å². The number of hydrogen-bond donors (Lipinski definition) is 0.